The Morgan fingerprint density at radius 1 is 1.26 bits per heavy atom. The van der Waals surface area contributed by atoms with Crippen molar-refractivity contribution in [2.75, 3.05) is 32.2 Å². The quantitative estimate of drug-likeness (QED) is 0.776. The van der Waals surface area contributed by atoms with Gasteiger partial charge in [-0.15, -0.1) is 10.2 Å². The summed E-state index contributed by atoms with van der Waals surface area (Å²) < 4.78 is 11.3. The molecule has 0 atom stereocenters. The molecule has 0 aliphatic carbocycles. The van der Waals surface area contributed by atoms with E-state index >= 15 is 0 Å². The van der Waals surface area contributed by atoms with Crippen molar-refractivity contribution in [3.8, 4) is 0 Å². The molecule has 6 heteroatoms. The summed E-state index contributed by atoms with van der Waals surface area (Å²) in [5, 5.41) is 8.23. The Bertz CT molecular complexity index is 376. The van der Waals surface area contributed by atoms with Crippen molar-refractivity contribution in [3.05, 3.63) is 16.7 Å². The molecule has 106 valence electrons. The minimum absolute atomic E-state index is 0.0796. The standard InChI is InChI=1S/C13H20BrN3O2/c1-18-13(19-2)9-10-5-7-17(8-6-10)12-4-3-11(14)15-16-12/h3-4,10,13H,5-9H2,1-2H3. The van der Waals surface area contributed by atoms with Crippen molar-refractivity contribution in [1.29, 1.82) is 0 Å². The maximum Gasteiger partial charge on any atom is 0.157 e. The highest BCUT2D eigenvalue weighted by Crippen LogP contribution is 2.25. The van der Waals surface area contributed by atoms with Crippen LogP contribution in [0.3, 0.4) is 0 Å². The van der Waals surface area contributed by atoms with E-state index in [1.807, 2.05) is 12.1 Å². The highest BCUT2D eigenvalue weighted by molar-refractivity contribution is 9.10. The van der Waals surface area contributed by atoms with Gasteiger partial charge in [-0.05, 0) is 46.8 Å². The van der Waals surface area contributed by atoms with Crippen LogP contribution in [-0.4, -0.2) is 43.8 Å². The van der Waals surface area contributed by atoms with E-state index in [0.29, 0.717) is 5.92 Å². The van der Waals surface area contributed by atoms with Gasteiger partial charge in [0.1, 0.15) is 4.60 Å². The molecule has 0 amide bonds. The van der Waals surface area contributed by atoms with Crippen molar-refractivity contribution in [3.63, 3.8) is 0 Å². The first kappa shape index (κ1) is 14.7. The van der Waals surface area contributed by atoms with Crippen LogP contribution in [0.25, 0.3) is 0 Å². The number of hydrogen-bond acceptors (Lipinski definition) is 5. The number of rotatable bonds is 5. The molecule has 0 spiro atoms. The summed E-state index contributed by atoms with van der Waals surface area (Å²) in [7, 11) is 3.39. The van der Waals surface area contributed by atoms with E-state index in [9.17, 15) is 0 Å². The highest BCUT2D eigenvalue weighted by Gasteiger charge is 2.23. The number of hydrogen-bond donors (Lipinski definition) is 0. The highest BCUT2D eigenvalue weighted by atomic mass is 79.9. The van der Waals surface area contributed by atoms with Gasteiger partial charge in [-0.2, -0.15) is 0 Å². The number of methoxy groups -OCH3 is 2. The molecule has 5 nitrogen and oxygen atoms in total. The van der Waals surface area contributed by atoms with E-state index in [2.05, 4.69) is 31.0 Å². The molecule has 0 radical (unpaired) electrons. The average molecular weight is 330 g/mol. The Balaban J connectivity index is 1.83. The smallest absolute Gasteiger partial charge is 0.157 e. The molecule has 1 aliphatic heterocycles. The molecule has 0 N–H and O–H groups in total. The first-order chi connectivity index (χ1) is 9.22. The van der Waals surface area contributed by atoms with Crippen LogP contribution in [0.4, 0.5) is 5.82 Å². The van der Waals surface area contributed by atoms with Crippen LogP contribution in [-0.2, 0) is 9.47 Å². The normalized spacial score (nSPS) is 17.2. The van der Waals surface area contributed by atoms with Gasteiger partial charge in [0.25, 0.3) is 0 Å². The lowest BCUT2D eigenvalue weighted by Crippen LogP contribution is -2.35. The van der Waals surface area contributed by atoms with Gasteiger partial charge < -0.3 is 14.4 Å². The fraction of sp³-hybridized carbons (Fsp3) is 0.692. The molecule has 0 saturated carbocycles. The number of halogens is 1. The minimum Gasteiger partial charge on any atom is -0.356 e. The Hall–Kier alpha value is -0.720. The van der Waals surface area contributed by atoms with Crippen LogP contribution >= 0.6 is 15.9 Å². The molecular formula is C13H20BrN3O2. The second kappa shape index (κ2) is 7.17. The monoisotopic (exact) mass is 329 g/mol. The van der Waals surface area contributed by atoms with Gasteiger partial charge in [-0.25, -0.2) is 0 Å². The summed E-state index contributed by atoms with van der Waals surface area (Å²) in [6.45, 7) is 2.03. The summed E-state index contributed by atoms with van der Waals surface area (Å²) >= 11 is 3.30. The molecule has 2 heterocycles. The average Bonchev–Trinajstić information content (AvgIpc) is 2.46. The SMILES string of the molecule is COC(CC1CCN(c2ccc(Br)nn2)CC1)OC. The maximum atomic E-state index is 5.26. The lowest BCUT2D eigenvalue weighted by molar-refractivity contribution is -0.115. The zero-order chi connectivity index (χ0) is 13.7. The van der Waals surface area contributed by atoms with Crippen LogP contribution in [0.15, 0.2) is 16.7 Å². The molecule has 0 aromatic carbocycles. The van der Waals surface area contributed by atoms with Crippen LogP contribution in [0, 0.1) is 5.92 Å². The van der Waals surface area contributed by atoms with Crippen LogP contribution in [0.1, 0.15) is 19.3 Å². The topological polar surface area (TPSA) is 47.5 Å². The van der Waals surface area contributed by atoms with E-state index in [1.54, 1.807) is 14.2 Å². The maximum absolute atomic E-state index is 5.26. The van der Waals surface area contributed by atoms with Crippen LogP contribution < -0.4 is 4.90 Å². The zero-order valence-corrected chi connectivity index (χ0v) is 13.0. The zero-order valence-electron chi connectivity index (χ0n) is 11.4. The first-order valence-electron chi connectivity index (χ1n) is 6.52. The predicted octanol–water partition coefficient (Wildman–Crippen LogP) is 2.46. The summed E-state index contributed by atoms with van der Waals surface area (Å²) in [6, 6.07) is 3.94. The lowest BCUT2D eigenvalue weighted by atomic mass is 9.93. The fourth-order valence-electron chi connectivity index (χ4n) is 2.44. The molecule has 2 rings (SSSR count). The second-order valence-electron chi connectivity index (χ2n) is 4.78. The lowest BCUT2D eigenvalue weighted by Gasteiger charge is -2.33. The summed E-state index contributed by atoms with van der Waals surface area (Å²) in [5.41, 5.74) is 0. The molecule has 19 heavy (non-hydrogen) atoms. The van der Waals surface area contributed by atoms with Crippen molar-refractivity contribution in [1.82, 2.24) is 10.2 Å². The van der Waals surface area contributed by atoms with Gasteiger partial charge in [0.05, 0.1) is 0 Å². The number of ether oxygens (including phenoxy) is 2. The van der Waals surface area contributed by atoms with E-state index in [-0.39, 0.29) is 6.29 Å². The van der Waals surface area contributed by atoms with Crippen LogP contribution in [0.5, 0.6) is 0 Å². The Morgan fingerprint density at radius 3 is 2.47 bits per heavy atom. The van der Waals surface area contributed by atoms with Crippen molar-refractivity contribution in [2.45, 2.75) is 25.6 Å². The molecule has 1 aliphatic rings. The van der Waals surface area contributed by atoms with E-state index in [0.717, 1.165) is 42.8 Å². The fourth-order valence-corrected chi connectivity index (χ4v) is 2.65. The first-order valence-corrected chi connectivity index (χ1v) is 7.32. The Kier molecular flexibility index (Phi) is 5.54. The molecule has 0 unspecified atom stereocenters. The Morgan fingerprint density at radius 2 is 1.95 bits per heavy atom. The van der Waals surface area contributed by atoms with E-state index < -0.39 is 0 Å². The number of anilines is 1. The van der Waals surface area contributed by atoms with Gasteiger partial charge in [0, 0.05) is 33.7 Å². The molecule has 1 aromatic rings. The molecular weight excluding hydrogens is 310 g/mol. The van der Waals surface area contributed by atoms with Crippen molar-refractivity contribution < 1.29 is 9.47 Å². The summed E-state index contributed by atoms with van der Waals surface area (Å²) in [4.78, 5) is 2.28. The molecule has 1 aromatic heterocycles. The van der Waals surface area contributed by atoms with E-state index in [1.165, 1.54) is 0 Å². The third-order valence-electron chi connectivity index (χ3n) is 3.61. The molecule has 0 bridgehead atoms. The number of piperidine rings is 1. The van der Waals surface area contributed by atoms with Crippen LogP contribution in [0.2, 0.25) is 0 Å². The van der Waals surface area contributed by atoms with Gasteiger partial charge in [-0.1, -0.05) is 0 Å². The van der Waals surface area contributed by atoms with E-state index in [4.69, 9.17) is 9.47 Å². The predicted molar refractivity (Wildman–Crippen MR) is 77.1 cm³/mol. The van der Waals surface area contributed by atoms with Gasteiger partial charge >= 0.3 is 0 Å². The second-order valence-corrected chi connectivity index (χ2v) is 5.59. The summed E-state index contributed by atoms with van der Waals surface area (Å²) in [5.74, 6) is 1.61. The Labute approximate surface area is 122 Å². The van der Waals surface area contributed by atoms with Gasteiger partial charge in [0.2, 0.25) is 0 Å². The van der Waals surface area contributed by atoms with Crippen molar-refractivity contribution in [2.24, 2.45) is 5.92 Å². The van der Waals surface area contributed by atoms with Gasteiger partial charge in [0.15, 0.2) is 12.1 Å². The number of aromatic nitrogens is 2. The van der Waals surface area contributed by atoms with Crippen molar-refractivity contribution >= 4 is 21.7 Å². The number of nitrogens with zero attached hydrogens (tertiary/aromatic N) is 3. The van der Waals surface area contributed by atoms with Gasteiger partial charge in [-0.3, -0.25) is 0 Å². The minimum atomic E-state index is -0.0796. The molecule has 1 saturated heterocycles. The summed E-state index contributed by atoms with van der Waals surface area (Å²) in [6.07, 6.45) is 3.17. The largest absolute Gasteiger partial charge is 0.356 e. The third-order valence-corrected chi connectivity index (χ3v) is 4.03. The third kappa shape index (κ3) is 4.12. The molecule has 1 fully saturated rings.